The van der Waals surface area contributed by atoms with E-state index in [2.05, 4.69) is 0 Å². The zero-order valence-corrected chi connectivity index (χ0v) is 12.6. The summed E-state index contributed by atoms with van der Waals surface area (Å²) in [5.41, 5.74) is 0.911. The lowest BCUT2D eigenvalue weighted by molar-refractivity contribution is -0.117. The predicted molar refractivity (Wildman–Crippen MR) is 78.8 cm³/mol. The second-order valence-electron chi connectivity index (χ2n) is 4.99. The molecular weight excluding hydrogens is 278 g/mol. The quantitative estimate of drug-likeness (QED) is 0.727. The maximum Gasteiger partial charge on any atom is 0.410 e. The maximum atomic E-state index is 12.0. The van der Waals surface area contributed by atoms with E-state index in [0.717, 1.165) is 5.56 Å². The Balaban J connectivity index is 2.56. The first-order valence-corrected chi connectivity index (χ1v) is 7.09. The van der Waals surface area contributed by atoms with E-state index in [1.54, 1.807) is 0 Å². The number of rotatable bonds is 7. The van der Waals surface area contributed by atoms with Crippen molar-refractivity contribution in [2.24, 2.45) is 5.92 Å². The fourth-order valence-corrected chi connectivity index (χ4v) is 1.79. The highest BCUT2D eigenvalue weighted by atomic mass is 35.5. The molecule has 110 valence electrons. The lowest BCUT2D eigenvalue weighted by Crippen LogP contribution is -2.39. The number of ether oxygens (including phenoxy) is 1. The molecule has 5 heteroatoms. The van der Waals surface area contributed by atoms with Crippen LogP contribution in [0.5, 0.6) is 0 Å². The van der Waals surface area contributed by atoms with E-state index in [4.69, 9.17) is 16.3 Å². The Morgan fingerprint density at radius 1 is 1.25 bits per heavy atom. The van der Waals surface area contributed by atoms with Gasteiger partial charge in [0.05, 0.1) is 12.4 Å². The molecule has 0 aliphatic heterocycles. The van der Waals surface area contributed by atoms with E-state index in [1.165, 1.54) is 4.90 Å². The molecule has 0 unspecified atom stereocenters. The monoisotopic (exact) mass is 297 g/mol. The van der Waals surface area contributed by atoms with Gasteiger partial charge in [-0.15, -0.1) is 11.6 Å². The van der Waals surface area contributed by atoms with Crippen molar-refractivity contribution >= 4 is 23.5 Å². The smallest absolute Gasteiger partial charge is 0.410 e. The number of alkyl halides is 1. The second-order valence-corrected chi connectivity index (χ2v) is 5.25. The van der Waals surface area contributed by atoms with Gasteiger partial charge in [0, 0.05) is 6.54 Å². The van der Waals surface area contributed by atoms with Gasteiger partial charge in [0.25, 0.3) is 0 Å². The Morgan fingerprint density at radius 2 is 1.90 bits per heavy atom. The molecule has 0 radical (unpaired) electrons. The summed E-state index contributed by atoms with van der Waals surface area (Å²) in [6.07, 6.45) is -0.485. The van der Waals surface area contributed by atoms with Crippen LogP contribution >= 0.6 is 11.6 Å². The minimum absolute atomic E-state index is 0.00466. The minimum Gasteiger partial charge on any atom is -0.445 e. The minimum atomic E-state index is -0.485. The summed E-state index contributed by atoms with van der Waals surface area (Å²) in [7, 11) is 0. The van der Waals surface area contributed by atoms with E-state index < -0.39 is 6.09 Å². The van der Waals surface area contributed by atoms with Crippen molar-refractivity contribution in [3.63, 3.8) is 0 Å². The Morgan fingerprint density at radius 3 is 2.45 bits per heavy atom. The highest BCUT2D eigenvalue weighted by molar-refractivity contribution is 6.28. The third kappa shape index (κ3) is 6.06. The van der Waals surface area contributed by atoms with E-state index >= 15 is 0 Å². The molecule has 0 heterocycles. The Hall–Kier alpha value is -1.55. The highest BCUT2D eigenvalue weighted by Gasteiger charge is 2.19. The van der Waals surface area contributed by atoms with Crippen molar-refractivity contribution in [2.45, 2.75) is 20.5 Å². The van der Waals surface area contributed by atoms with E-state index in [0.29, 0.717) is 6.54 Å². The lowest BCUT2D eigenvalue weighted by Gasteiger charge is -2.23. The van der Waals surface area contributed by atoms with Gasteiger partial charge in [-0.25, -0.2) is 4.79 Å². The van der Waals surface area contributed by atoms with Crippen molar-refractivity contribution in [1.29, 1.82) is 0 Å². The number of benzene rings is 1. The van der Waals surface area contributed by atoms with Crippen molar-refractivity contribution < 1.29 is 14.3 Å². The first kappa shape index (κ1) is 16.5. The Kier molecular flexibility index (Phi) is 7.09. The number of carbonyl (C=O) groups excluding carboxylic acids is 2. The van der Waals surface area contributed by atoms with Crippen LogP contribution in [-0.4, -0.2) is 35.7 Å². The van der Waals surface area contributed by atoms with Crippen LogP contribution in [0.1, 0.15) is 19.4 Å². The fourth-order valence-electron chi connectivity index (χ4n) is 1.71. The zero-order valence-electron chi connectivity index (χ0n) is 11.8. The van der Waals surface area contributed by atoms with Gasteiger partial charge in [0.15, 0.2) is 5.78 Å². The Labute approximate surface area is 124 Å². The Bertz CT molecular complexity index is 434. The van der Waals surface area contributed by atoms with Crippen LogP contribution < -0.4 is 0 Å². The summed E-state index contributed by atoms with van der Waals surface area (Å²) in [5, 5.41) is 0. The van der Waals surface area contributed by atoms with Gasteiger partial charge < -0.3 is 9.64 Å². The van der Waals surface area contributed by atoms with Crippen LogP contribution in [0.4, 0.5) is 4.79 Å². The molecule has 0 aliphatic rings. The summed E-state index contributed by atoms with van der Waals surface area (Å²) in [6, 6.07) is 9.42. The summed E-state index contributed by atoms with van der Waals surface area (Å²) in [5.74, 6) is -0.0352. The molecular formula is C15H20ClNO3. The first-order valence-electron chi connectivity index (χ1n) is 6.56. The largest absolute Gasteiger partial charge is 0.445 e. The standard InChI is InChI=1S/C15H20ClNO3/c1-12(2)9-17(10-14(18)8-16)15(19)20-11-13-6-4-3-5-7-13/h3-7,12H,8-11H2,1-2H3. The molecule has 0 atom stereocenters. The van der Waals surface area contributed by atoms with Crippen LogP contribution in [0.3, 0.4) is 0 Å². The normalized spacial score (nSPS) is 10.4. The van der Waals surface area contributed by atoms with Crippen molar-refractivity contribution in [1.82, 2.24) is 4.90 Å². The van der Waals surface area contributed by atoms with Gasteiger partial charge in [-0.2, -0.15) is 0 Å². The van der Waals surface area contributed by atoms with Crippen LogP contribution in [0.15, 0.2) is 30.3 Å². The number of carbonyl (C=O) groups is 2. The molecule has 4 nitrogen and oxygen atoms in total. The van der Waals surface area contributed by atoms with E-state index in [9.17, 15) is 9.59 Å². The highest BCUT2D eigenvalue weighted by Crippen LogP contribution is 2.06. The van der Waals surface area contributed by atoms with Gasteiger partial charge in [-0.1, -0.05) is 44.2 Å². The number of halogens is 1. The topological polar surface area (TPSA) is 46.6 Å². The average Bonchev–Trinajstić information content (AvgIpc) is 2.44. The molecule has 0 N–H and O–H groups in total. The van der Waals surface area contributed by atoms with Crippen LogP contribution in [0.25, 0.3) is 0 Å². The van der Waals surface area contributed by atoms with Gasteiger partial charge in [0.1, 0.15) is 6.61 Å². The number of nitrogens with zero attached hydrogens (tertiary/aromatic N) is 1. The van der Waals surface area contributed by atoms with Gasteiger partial charge in [-0.3, -0.25) is 4.79 Å². The molecule has 0 aliphatic carbocycles. The number of ketones is 1. The molecule has 1 rings (SSSR count). The zero-order chi connectivity index (χ0) is 15.0. The van der Waals surface area contributed by atoms with Crippen molar-refractivity contribution in [3.05, 3.63) is 35.9 Å². The molecule has 0 fully saturated rings. The number of amides is 1. The third-order valence-corrected chi connectivity index (χ3v) is 2.86. The number of hydrogen-bond acceptors (Lipinski definition) is 3. The third-order valence-electron chi connectivity index (χ3n) is 2.57. The van der Waals surface area contributed by atoms with Crippen LogP contribution in [0.2, 0.25) is 0 Å². The second kappa shape index (κ2) is 8.59. The molecule has 1 aromatic rings. The number of Topliss-reactive ketones (excluding diaryl/α,β-unsaturated/α-hetero) is 1. The predicted octanol–water partition coefficient (Wildman–Crippen LogP) is 3.09. The van der Waals surface area contributed by atoms with Gasteiger partial charge in [-0.05, 0) is 11.5 Å². The molecule has 1 amide bonds. The van der Waals surface area contributed by atoms with Crippen molar-refractivity contribution in [2.75, 3.05) is 19.0 Å². The van der Waals surface area contributed by atoms with Gasteiger partial charge >= 0.3 is 6.09 Å². The molecule has 0 bridgehead atoms. The average molecular weight is 298 g/mol. The fraction of sp³-hybridized carbons (Fsp3) is 0.467. The molecule has 20 heavy (non-hydrogen) atoms. The molecule has 0 saturated heterocycles. The molecule has 0 saturated carbocycles. The van der Waals surface area contributed by atoms with E-state index in [1.807, 2.05) is 44.2 Å². The SMILES string of the molecule is CC(C)CN(CC(=O)CCl)C(=O)OCc1ccccc1. The summed E-state index contributed by atoms with van der Waals surface area (Å²) < 4.78 is 5.23. The first-order chi connectivity index (χ1) is 9.52. The van der Waals surface area contributed by atoms with Crippen LogP contribution in [0, 0.1) is 5.92 Å². The van der Waals surface area contributed by atoms with Crippen LogP contribution in [-0.2, 0) is 16.1 Å². The van der Waals surface area contributed by atoms with Gasteiger partial charge in [0.2, 0.25) is 0 Å². The number of hydrogen-bond donors (Lipinski definition) is 0. The lowest BCUT2D eigenvalue weighted by atomic mass is 10.2. The van der Waals surface area contributed by atoms with Crippen molar-refractivity contribution in [3.8, 4) is 0 Å². The summed E-state index contributed by atoms with van der Waals surface area (Å²) in [6.45, 7) is 4.61. The molecule has 0 aromatic heterocycles. The maximum absolute atomic E-state index is 12.0. The molecule has 1 aromatic carbocycles. The summed E-state index contributed by atoms with van der Waals surface area (Å²) in [4.78, 5) is 24.8. The molecule has 0 spiro atoms. The summed E-state index contributed by atoms with van der Waals surface area (Å²) >= 11 is 5.48. The van der Waals surface area contributed by atoms with E-state index in [-0.39, 0.29) is 30.7 Å².